The van der Waals surface area contributed by atoms with Gasteiger partial charge in [0.15, 0.2) is 0 Å². The number of anilines is 2. The number of nitro groups is 1. The van der Waals surface area contributed by atoms with Gasteiger partial charge < -0.3 is 19.3 Å². The molecule has 2 aromatic heterocycles. The highest BCUT2D eigenvalue weighted by molar-refractivity contribution is 7.90. The maximum absolute atomic E-state index is 14.6. The van der Waals surface area contributed by atoms with Gasteiger partial charge >= 0.3 is 5.69 Å². The Hall–Kier alpha value is -7.89. The van der Waals surface area contributed by atoms with Gasteiger partial charge in [-0.3, -0.25) is 19.8 Å². The lowest BCUT2D eigenvalue weighted by Crippen LogP contribution is -2.47. The third-order valence-corrected chi connectivity index (χ3v) is 17.6. The predicted molar refractivity (Wildman–Crippen MR) is 313 cm³/mol. The minimum Gasteiger partial charge on any atom is -0.456 e. The summed E-state index contributed by atoms with van der Waals surface area (Å²) in [7, 11) is -3.03. The van der Waals surface area contributed by atoms with E-state index in [1.807, 2.05) is 83.5 Å². The number of carbonyl (C=O) groups excluding carboxylic acids is 1. The second-order valence-corrected chi connectivity index (χ2v) is 23.8. The van der Waals surface area contributed by atoms with Gasteiger partial charge in [0.2, 0.25) is 5.82 Å². The molecule has 17 heteroatoms. The number of nitrogens with zero attached hydrogens (tertiary/aromatic N) is 7. The zero-order valence-corrected chi connectivity index (χ0v) is 46.6. The predicted octanol–water partition coefficient (Wildman–Crippen LogP) is 12.1. The van der Waals surface area contributed by atoms with Crippen molar-refractivity contribution in [2.45, 2.75) is 62.4 Å². The lowest BCUT2D eigenvalue weighted by molar-refractivity contribution is -0.384. The first-order valence-corrected chi connectivity index (χ1v) is 29.0. The Bertz CT molecular complexity index is 3600. The van der Waals surface area contributed by atoms with Crippen LogP contribution in [0.5, 0.6) is 11.5 Å². The summed E-state index contributed by atoms with van der Waals surface area (Å²) < 4.78 is 45.0. The molecule has 1 N–H and O–H groups in total. The van der Waals surface area contributed by atoms with Crippen LogP contribution in [0, 0.1) is 15.5 Å². The fraction of sp³-hybridized carbons (Fsp3) is 0.286. The van der Waals surface area contributed by atoms with E-state index in [4.69, 9.17) is 26.2 Å². The highest BCUT2D eigenvalue weighted by Crippen LogP contribution is 2.46. The molecule has 0 radical (unpaired) electrons. The van der Waals surface area contributed by atoms with Crippen LogP contribution in [0.1, 0.15) is 78.6 Å². The second kappa shape index (κ2) is 22.7. The molecule has 3 aliphatic rings. The monoisotopic (exact) mass is 1110 g/mol. The molecular formula is C63H63ClN8O7S. The summed E-state index contributed by atoms with van der Waals surface area (Å²) >= 11 is 6.32. The van der Waals surface area contributed by atoms with Crippen molar-refractivity contribution >= 4 is 61.2 Å². The third kappa shape index (κ3) is 10.9. The molecule has 0 spiro atoms. The molecular weight excluding hydrogens is 1050 g/mol. The third-order valence-electron chi connectivity index (χ3n) is 16.1. The van der Waals surface area contributed by atoms with Crippen LogP contribution in [0.2, 0.25) is 5.02 Å². The van der Waals surface area contributed by atoms with Crippen molar-refractivity contribution in [3.8, 4) is 11.5 Å². The molecule has 2 fully saturated rings. The Morgan fingerprint density at radius 1 is 0.825 bits per heavy atom. The minimum atomic E-state index is -4.73. The van der Waals surface area contributed by atoms with Gasteiger partial charge in [-0.1, -0.05) is 140 Å². The Labute approximate surface area is 471 Å². The molecule has 0 atom stereocenters. The molecule has 6 aromatic carbocycles. The van der Waals surface area contributed by atoms with E-state index in [0.29, 0.717) is 50.3 Å². The van der Waals surface area contributed by atoms with Gasteiger partial charge in [-0.2, -0.15) is 5.10 Å². The van der Waals surface area contributed by atoms with Crippen molar-refractivity contribution in [1.29, 1.82) is 0 Å². The van der Waals surface area contributed by atoms with Crippen molar-refractivity contribution in [3.63, 3.8) is 0 Å². The molecule has 15 nitrogen and oxygen atoms in total. The number of fused-ring (bicyclic) bond motifs is 1. The number of aromatic nitrogens is 3. The van der Waals surface area contributed by atoms with Crippen LogP contribution in [0.4, 0.5) is 17.2 Å². The van der Waals surface area contributed by atoms with E-state index in [1.165, 1.54) is 16.7 Å². The van der Waals surface area contributed by atoms with Gasteiger partial charge in [0.1, 0.15) is 21.9 Å². The Kier molecular flexibility index (Phi) is 15.3. The first kappa shape index (κ1) is 54.1. The van der Waals surface area contributed by atoms with Gasteiger partial charge in [-0.25, -0.2) is 22.8 Å². The fourth-order valence-electron chi connectivity index (χ4n) is 11.7. The number of pyridine rings is 1. The van der Waals surface area contributed by atoms with Crippen molar-refractivity contribution < 1.29 is 27.6 Å². The van der Waals surface area contributed by atoms with E-state index in [1.54, 1.807) is 42.4 Å². The molecule has 2 aliphatic heterocycles. The van der Waals surface area contributed by atoms with Gasteiger partial charge in [0, 0.05) is 81.9 Å². The van der Waals surface area contributed by atoms with E-state index in [2.05, 4.69) is 81.9 Å². The molecule has 410 valence electrons. The number of piperazine rings is 1. The fourth-order valence-corrected chi connectivity index (χ4v) is 12.8. The van der Waals surface area contributed by atoms with E-state index in [0.717, 1.165) is 84.1 Å². The van der Waals surface area contributed by atoms with E-state index in [9.17, 15) is 23.3 Å². The number of ether oxygens (including phenoxy) is 2. The number of carbonyl (C=O) groups is 1. The molecule has 2 saturated heterocycles. The molecule has 11 rings (SSSR count). The quantitative estimate of drug-likeness (QED) is 0.0554. The standard InChI is InChI=1S/C63H63ClN8O7S/c1-62(2)31-28-45(54(40-62)44-22-24-49(64)25-23-44)43-69-32-34-70(35-33-69)51-26-27-53(61(73)67-80(76,77)52-39-57(72(74)75)60(65-41-52)68(3)50-29-36-78-37-30-50)59(38-51)79-58-21-13-20-56-55(58)42-66-71(56)63(46-14-7-4-8-15-46,47-16-9-5-10-17-47)48-18-11-6-12-19-48/h4-27,38-39,41-42,50H,28-37,40,43H2,1-3H3,(H,67,73). The molecule has 1 amide bonds. The van der Waals surface area contributed by atoms with Gasteiger partial charge in [-0.15, -0.1) is 0 Å². The van der Waals surface area contributed by atoms with Crippen LogP contribution < -0.4 is 19.3 Å². The number of benzene rings is 6. The molecule has 4 heterocycles. The average molecular weight is 1110 g/mol. The normalized spacial score (nSPS) is 16.4. The lowest BCUT2D eigenvalue weighted by Gasteiger charge is -2.39. The maximum Gasteiger partial charge on any atom is 0.312 e. The number of rotatable bonds is 16. The van der Waals surface area contributed by atoms with Crippen molar-refractivity contribution in [2.75, 3.05) is 62.8 Å². The van der Waals surface area contributed by atoms with Crippen molar-refractivity contribution in [2.24, 2.45) is 5.41 Å². The molecule has 0 saturated carbocycles. The molecule has 1 aliphatic carbocycles. The largest absolute Gasteiger partial charge is 0.456 e. The Balaban J connectivity index is 0.942. The number of sulfonamides is 1. The number of halogens is 1. The van der Waals surface area contributed by atoms with E-state index >= 15 is 0 Å². The zero-order chi connectivity index (χ0) is 55.6. The van der Waals surface area contributed by atoms with Gasteiger partial charge in [-0.05, 0) is 102 Å². The SMILES string of the molecule is CN(c1ncc(S(=O)(=O)NC(=O)c2ccc(N3CCN(CC4=C(c5ccc(Cl)cc5)CC(C)(C)CC4)CC3)cc2Oc2cccc3c2cnn3C(c2ccccc2)(c2ccccc2)c2ccccc2)cc1[N+](=O)[O-])C1CCOCC1. The summed E-state index contributed by atoms with van der Waals surface area (Å²) in [6.45, 7) is 9.45. The van der Waals surface area contributed by atoms with Crippen molar-refractivity contribution in [1.82, 2.24) is 24.4 Å². The minimum absolute atomic E-state index is 0.0168. The van der Waals surface area contributed by atoms with Crippen LogP contribution in [-0.4, -0.2) is 97.9 Å². The highest BCUT2D eigenvalue weighted by atomic mass is 35.5. The number of hydrogen-bond acceptors (Lipinski definition) is 12. The van der Waals surface area contributed by atoms with Crippen molar-refractivity contribution in [3.05, 3.63) is 219 Å². The highest BCUT2D eigenvalue weighted by Gasteiger charge is 2.41. The molecule has 80 heavy (non-hydrogen) atoms. The first-order chi connectivity index (χ1) is 38.7. The lowest BCUT2D eigenvalue weighted by atomic mass is 9.72. The Morgan fingerprint density at radius 3 is 2.09 bits per heavy atom. The topological polar surface area (TPSA) is 165 Å². The van der Waals surface area contributed by atoms with Crippen LogP contribution in [0.3, 0.4) is 0 Å². The number of amides is 1. The molecule has 0 unspecified atom stereocenters. The molecule has 8 aromatic rings. The average Bonchev–Trinajstić information content (AvgIpc) is 4.11. The van der Waals surface area contributed by atoms with Crippen LogP contribution in [-0.2, 0) is 20.3 Å². The van der Waals surface area contributed by atoms with Gasteiger partial charge in [0.05, 0.1) is 33.8 Å². The Morgan fingerprint density at radius 2 is 1.46 bits per heavy atom. The number of nitrogens with one attached hydrogen (secondary N) is 1. The summed E-state index contributed by atoms with van der Waals surface area (Å²) in [5, 5.41) is 19.0. The summed E-state index contributed by atoms with van der Waals surface area (Å²) in [6.07, 6.45) is 7.18. The summed E-state index contributed by atoms with van der Waals surface area (Å²) in [6, 6.07) is 50.5. The summed E-state index contributed by atoms with van der Waals surface area (Å²) in [4.78, 5) is 36.6. The smallest absolute Gasteiger partial charge is 0.312 e. The second-order valence-electron chi connectivity index (χ2n) is 21.7. The van der Waals surface area contributed by atoms with Crippen LogP contribution in [0.15, 0.2) is 181 Å². The van der Waals surface area contributed by atoms with E-state index in [-0.39, 0.29) is 28.6 Å². The van der Waals surface area contributed by atoms with Crippen LogP contribution >= 0.6 is 11.6 Å². The first-order valence-electron chi connectivity index (χ1n) is 27.1. The molecule has 0 bridgehead atoms. The maximum atomic E-state index is 14.6. The number of allylic oxidation sites excluding steroid dienone is 1. The van der Waals surface area contributed by atoms with E-state index < -0.39 is 37.0 Å². The van der Waals surface area contributed by atoms with Crippen LogP contribution in [0.25, 0.3) is 16.5 Å². The zero-order valence-electron chi connectivity index (χ0n) is 45.0. The summed E-state index contributed by atoms with van der Waals surface area (Å²) in [5.41, 5.74) is 7.17. The van der Waals surface area contributed by atoms with Gasteiger partial charge in [0.25, 0.3) is 15.9 Å². The number of hydrogen-bond donors (Lipinski definition) is 1. The summed E-state index contributed by atoms with van der Waals surface area (Å²) in [5.74, 6) is -0.510.